The van der Waals surface area contributed by atoms with Crippen LogP contribution in [0.4, 0.5) is 5.69 Å². The van der Waals surface area contributed by atoms with Crippen LogP contribution in [0.3, 0.4) is 0 Å². The lowest BCUT2D eigenvalue weighted by Crippen LogP contribution is -2.47. The molecule has 25 heavy (non-hydrogen) atoms. The van der Waals surface area contributed by atoms with E-state index in [0.717, 1.165) is 25.1 Å². The highest BCUT2D eigenvalue weighted by molar-refractivity contribution is 5.82. The predicted molar refractivity (Wildman–Crippen MR) is 101 cm³/mol. The lowest BCUT2D eigenvalue weighted by atomic mass is 9.91. The van der Waals surface area contributed by atoms with Crippen molar-refractivity contribution in [2.45, 2.75) is 33.6 Å². The molecule has 0 unspecified atom stereocenters. The van der Waals surface area contributed by atoms with Crippen LogP contribution in [-0.4, -0.2) is 49.9 Å². The second kappa shape index (κ2) is 8.37. The van der Waals surface area contributed by atoms with Crippen LogP contribution in [0.25, 0.3) is 0 Å². The van der Waals surface area contributed by atoms with Crippen molar-refractivity contribution in [3.05, 3.63) is 30.3 Å². The van der Waals surface area contributed by atoms with Crippen LogP contribution in [0.2, 0.25) is 0 Å². The number of carbonyl (C=O) groups is 2. The Morgan fingerprint density at radius 2 is 1.76 bits per heavy atom. The number of nitrogens with zero attached hydrogens (tertiary/aromatic N) is 2. The van der Waals surface area contributed by atoms with Crippen molar-refractivity contribution in [1.29, 1.82) is 0 Å². The number of likely N-dealkylation sites (N-methyl/N-ethyl adjacent to an activating group) is 1. The van der Waals surface area contributed by atoms with Crippen LogP contribution in [-0.2, 0) is 9.59 Å². The van der Waals surface area contributed by atoms with E-state index >= 15 is 0 Å². The van der Waals surface area contributed by atoms with Crippen LogP contribution < -0.4 is 10.2 Å². The molecule has 0 bridgehead atoms. The molecule has 1 heterocycles. The number of hydrogen-bond donors (Lipinski definition) is 1. The van der Waals surface area contributed by atoms with Gasteiger partial charge in [-0.2, -0.15) is 0 Å². The maximum absolute atomic E-state index is 12.4. The van der Waals surface area contributed by atoms with E-state index in [-0.39, 0.29) is 23.1 Å². The molecule has 0 spiro atoms. The molecule has 5 nitrogen and oxygen atoms in total. The van der Waals surface area contributed by atoms with Crippen molar-refractivity contribution < 1.29 is 9.59 Å². The Balaban J connectivity index is 1.71. The molecular formula is C20H31N3O2. The van der Waals surface area contributed by atoms with Crippen molar-refractivity contribution in [2.75, 3.05) is 38.1 Å². The average molecular weight is 345 g/mol. The molecule has 1 aromatic carbocycles. The molecule has 2 amide bonds. The number of benzene rings is 1. The molecule has 138 valence electrons. The van der Waals surface area contributed by atoms with E-state index in [1.165, 1.54) is 0 Å². The minimum Gasteiger partial charge on any atom is -0.373 e. The zero-order valence-electron chi connectivity index (χ0n) is 15.9. The van der Waals surface area contributed by atoms with Gasteiger partial charge in [0.05, 0.1) is 0 Å². The van der Waals surface area contributed by atoms with Gasteiger partial charge in [-0.25, -0.2) is 0 Å². The smallest absolute Gasteiger partial charge is 0.227 e. The lowest BCUT2D eigenvalue weighted by Gasteiger charge is -2.35. The van der Waals surface area contributed by atoms with Crippen molar-refractivity contribution >= 4 is 17.5 Å². The van der Waals surface area contributed by atoms with Gasteiger partial charge >= 0.3 is 0 Å². The molecule has 2 rings (SSSR count). The largest absolute Gasteiger partial charge is 0.373 e. The Morgan fingerprint density at radius 1 is 1.16 bits per heavy atom. The molecule has 1 aliphatic heterocycles. The third-order valence-electron chi connectivity index (χ3n) is 4.74. The summed E-state index contributed by atoms with van der Waals surface area (Å²) in [6.07, 6.45) is 1.50. The minimum atomic E-state index is -0.350. The number of piperidine rings is 1. The van der Waals surface area contributed by atoms with E-state index in [0.29, 0.717) is 19.6 Å². The average Bonchev–Trinajstić information content (AvgIpc) is 2.61. The summed E-state index contributed by atoms with van der Waals surface area (Å²) in [4.78, 5) is 28.7. The van der Waals surface area contributed by atoms with Crippen molar-refractivity contribution in [1.82, 2.24) is 10.2 Å². The highest BCUT2D eigenvalue weighted by Gasteiger charge is 2.32. The van der Waals surface area contributed by atoms with Gasteiger partial charge in [-0.1, -0.05) is 39.0 Å². The fraction of sp³-hybridized carbons (Fsp3) is 0.600. The van der Waals surface area contributed by atoms with Gasteiger partial charge in [0.1, 0.15) is 0 Å². The predicted octanol–water partition coefficient (Wildman–Crippen LogP) is 2.52. The maximum Gasteiger partial charge on any atom is 0.227 e. The molecule has 0 aliphatic carbocycles. The first-order chi connectivity index (χ1) is 11.8. The van der Waals surface area contributed by atoms with E-state index in [2.05, 4.69) is 22.3 Å². The van der Waals surface area contributed by atoms with Gasteiger partial charge in [0.25, 0.3) is 0 Å². The Hall–Kier alpha value is -2.04. The van der Waals surface area contributed by atoms with Crippen LogP contribution in [0.1, 0.15) is 33.6 Å². The highest BCUT2D eigenvalue weighted by Crippen LogP contribution is 2.23. The Bertz CT molecular complexity index is 572. The Kier molecular flexibility index (Phi) is 6.45. The summed E-state index contributed by atoms with van der Waals surface area (Å²) in [5.41, 5.74) is 0.794. The molecule has 1 N–H and O–H groups in total. The summed E-state index contributed by atoms with van der Waals surface area (Å²) < 4.78 is 0. The number of anilines is 1. The number of hydrogen-bond acceptors (Lipinski definition) is 3. The number of rotatable bonds is 5. The van der Waals surface area contributed by atoms with Gasteiger partial charge in [-0.15, -0.1) is 0 Å². The standard InChI is InChI=1S/C20H31N3O2/c1-20(2,3)19(25)23-13-10-16(11-14-23)18(24)21-12-15-22(4)17-8-6-5-7-9-17/h5-9,16H,10-15H2,1-4H3,(H,21,24). The first kappa shape index (κ1) is 19.3. The minimum absolute atomic E-state index is 0.0195. The van der Waals surface area contributed by atoms with Crippen LogP contribution in [0.5, 0.6) is 0 Å². The molecule has 0 saturated carbocycles. The third kappa shape index (κ3) is 5.48. The van der Waals surface area contributed by atoms with E-state index in [1.807, 2.05) is 50.9 Å². The van der Waals surface area contributed by atoms with Crippen molar-refractivity contribution in [2.24, 2.45) is 11.3 Å². The van der Waals surface area contributed by atoms with Gasteiger partial charge in [-0.05, 0) is 25.0 Å². The number of carbonyl (C=O) groups excluding carboxylic acids is 2. The monoisotopic (exact) mass is 345 g/mol. The molecule has 0 atom stereocenters. The molecule has 1 aliphatic rings. The normalized spacial score (nSPS) is 15.8. The van der Waals surface area contributed by atoms with E-state index < -0.39 is 0 Å². The van der Waals surface area contributed by atoms with Crippen molar-refractivity contribution in [3.63, 3.8) is 0 Å². The van der Waals surface area contributed by atoms with Crippen LogP contribution >= 0.6 is 0 Å². The molecular weight excluding hydrogens is 314 g/mol. The second-order valence-electron chi connectivity index (χ2n) is 7.86. The van der Waals surface area contributed by atoms with E-state index in [9.17, 15) is 9.59 Å². The van der Waals surface area contributed by atoms with Crippen LogP contribution in [0.15, 0.2) is 30.3 Å². The molecule has 1 aromatic rings. The summed E-state index contributed by atoms with van der Waals surface area (Å²) in [7, 11) is 2.03. The van der Waals surface area contributed by atoms with E-state index in [1.54, 1.807) is 0 Å². The SMILES string of the molecule is CN(CCNC(=O)C1CCN(C(=O)C(C)(C)C)CC1)c1ccccc1. The summed E-state index contributed by atoms with van der Waals surface area (Å²) in [5, 5.41) is 3.04. The van der Waals surface area contributed by atoms with Crippen molar-refractivity contribution in [3.8, 4) is 0 Å². The molecule has 0 radical (unpaired) electrons. The zero-order chi connectivity index (χ0) is 18.4. The van der Waals surface area contributed by atoms with Gasteiger partial charge in [-0.3, -0.25) is 9.59 Å². The third-order valence-corrected chi connectivity index (χ3v) is 4.74. The first-order valence-corrected chi connectivity index (χ1v) is 9.12. The van der Waals surface area contributed by atoms with Gasteiger partial charge in [0.2, 0.25) is 11.8 Å². The lowest BCUT2D eigenvalue weighted by molar-refractivity contribution is -0.142. The summed E-state index contributed by atoms with van der Waals surface area (Å²) in [6.45, 7) is 8.59. The summed E-state index contributed by atoms with van der Waals surface area (Å²) in [5.74, 6) is 0.311. The topological polar surface area (TPSA) is 52.7 Å². The fourth-order valence-corrected chi connectivity index (χ4v) is 3.12. The Labute approximate surface area is 151 Å². The maximum atomic E-state index is 12.4. The highest BCUT2D eigenvalue weighted by atomic mass is 16.2. The van der Waals surface area contributed by atoms with Gasteiger partial charge in [0, 0.05) is 50.2 Å². The quantitative estimate of drug-likeness (QED) is 0.892. The number of likely N-dealkylation sites (tertiary alicyclic amines) is 1. The fourth-order valence-electron chi connectivity index (χ4n) is 3.12. The molecule has 0 aromatic heterocycles. The number of nitrogens with one attached hydrogen (secondary N) is 1. The summed E-state index contributed by atoms with van der Waals surface area (Å²) >= 11 is 0. The van der Waals surface area contributed by atoms with Crippen LogP contribution in [0, 0.1) is 11.3 Å². The zero-order valence-corrected chi connectivity index (χ0v) is 15.9. The molecule has 5 heteroatoms. The Morgan fingerprint density at radius 3 is 2.32 bits per heavy atom. The number of amides is 2. The van der Waals surface area contributed by atoms with E-state index in [4.69, 9.17) is 0 Å². The molecule has 1 saturated heterocycles. The van der Waals surface area contributed by atoms with Gasteiger partial charge in [0.15, 0.2) is 0 Å². The summed E-state index contributed by atoms with van der Waals surface area (Å²) in [6, 6.07) is 10.1. The van der Waals surface area contributed by atoms with Gasteiger partial charge < -0.3 is 15.1 Å². The second-order valence-corrected chi connectivity index (χ2v) is 7.86. The first-order valence-electron chi connectivity index (χ1n) is 9.12. The number of para-hydroxylation sites is 1. The molecule has 1 fully saturated rings.